The van der Waals surface area contributed by atoms with E-state index in [1.807, 2.05) is 48.2 Å². The Kier molecular flexibility index (Phi) is 3.93. The second-order valence-electron chi connectivity index (χ2n) is 6.42. The molecule has 0 saturated carbocycles. The van der Waals surface area contributed by atoms with Crippen molar-refractivity contribution in [3.8, 4) is 11.3 Å². The minimum absolute atomic E-state index is 0.806. The standard InChI is InChI=1S/C18H18N8S/c1-13-20-6-4-16(21-13)24-7-9-25(10-8-24)18-23-26-12-15(22-17(26)27-18)14-3-2-5-19-11-14/h2-6,11-12H,7-10H2,1H3. The Morgan fingerprint density at radius 2 is 1.85 bits per heavy atom. The molecule has 0 aliphatic carbocycles. The van der Waals surface area contributed by atoms with Crippen molar-refractivity contribution >= 4 is 27.2 Å². The molecule has 5 rings (SSSR count). The molecule has 0 spiro atoms. The van der Waals surface area contributed by atoms with Crippen LogP contribution in [0.3, 0.4) is 0 Å². The highest BCUT2D eigenvalue weighted by Gasteiger charge is 2.21. The first-order chi connectivity index (χ1) is 13.3. The van der Waals surface area contributed by atoms with Crippen molar-refractivity contribution < 1.29 is 0 Å². The van der Waals surface area contributed by atoms with Crippen LogP contribution in [0.1, 0.15) is 5.82 Å². The summed E-state index contributed by atoms with van der Waals surface area (Å²) < 4.78 is 1.86. The number of nitrogens with zero attached hydrogens (tertiary/aromatic N) is 8. The largest absolute Gasteiger partial charge is 0.353 e. The Hall–Kier alpha value is -3.07. The van der Waals surface area contributed by atoms with Crippen molar-refractivity contribution in [2.24, 2.45) is 0 Å². The van der Waals surface area contributed by atoms with Crippen LogP contribution in [0.25, 0.3) is 16.2 Å². The summed E-state index contributed by atoms with van der Waals surface area (Å²) in [6.45, 7) is 5.58. The topological polar surface area (TPSA) is 75.3 Å². The molecule has 1 fully saturated rings. The number of pyridine rings is 1. The number of piperazine rings is 1. The Labute approximate surface area is 160 Å². The van der Waals surface area contributed by atoms with Crippen LogP contribution in [0, 0.1) is 6.92 Å². The maximum absolute atomic E-state index is 4.73. The van der Waals surface area contributed by atoms with E-state index in [1.165, 1.54) is 0 Å². The van der Waals surface area contributed by atoms with Crippen LogP contribution in [0.2, 0.25) is 0 Å². The number of hydrogen-bond acceptors (Lipinski definition) is 8. The molecule has 0 unspecified atom stereocenters. The van der Waals surface area contributed by atoms with Gasteiger partial charge in [0.15, 0.2) is 0 Å². The van der Waals surface area contributed by atoms with Gasteiger partial charge in [0.2, 0.25) is 10.1 Å². The van der Waals surface area contributed by atoms with Crippen LogP contribution in [0.4, 0.5) is 10.9 Å². The molecule has 0 atom stereocenters. The SMILES string of the molecule is Cc1nccc(N2CCN(c3nn4cc(-c5cccnc5)nc4s3)CC2)n1. The molecule has 4 aromatic heterocycles. The second-order valence-corrected chi connectivity index (χ2v) is 7.35. The molecule has 0 bridgehead atoms. The normalized spacial score (nSPS) is 14.9. The number of aryl methyl sites for hydroxylation is 1. The molecule has 27 heavy (non-hydrogen) atoms. The summed E-state index contributed by atoms with van der Waals surface area (Å²) in [7, 11) is 0. The van der Waals surface area contributed by atoms with Crippen LogP contribution >= 0.6 is 11.3 Å². The Morgan fingerprint density at radius 3 is 2.59 bits per heavy atom. The fourth-order valence-electron chi connectivity index (χ4n) is 3.22. The van der Waals surface area contributed by atoms with Crippen molar-refractivity contribution in [1.82, 2.24) is 29.5 Å². The van der Waals surface area contributed by atoms with Gasteiger partial charge in [-0.25, -0.2) is 19.5 Å². The van der Waals surface area contributed by atoms with Crippen molar-refractivity contribution in [1.29, 1.82) is 0 Å². The summed E-state index contributed by atoms with van der Waals surface area (Å²) >= 11 is 1.62. The molecule has 8 nitrogen and oxygen atoms in total. The smallest absolute Gasteiger partial charge is 0.214 e. The number of hydrogen-bond donors (Lipinski definition) is 0. The highest BCUT2D eigenvalue weighted by atomic mass is 32.1. The van der Waals surface area contributed by atoms with Gasteiger partial charge >= 0.3 is 0 Å². The van der Waals surface area contributed by atoms with E-state index in [4.69, 9.17) is 10.1 Å². The Bertz CT molecular complexity index is 1030. The predicted octanol–water partition coefficient (Wildman–Crippen LogP) is 2.28. The third kappa shape index (κ3) is 3.10. The number of rotatable bonds is 3. The van der Waals surface area contributed by atoms with Crippen LogP contribution in [0.5, 0.6) is 0 Å². The van der Waals surface area contributed by atoms with Crippen LogP contribution in [-0.2, 0) is 0 Å². The molecule has 0 radical (unpaired) electrons. The van der Waals surface area contributed by atoms with Gasteiger partial charge in [0, 0.05) is 50.3 Å². The van der Waals surface area contributed by atoms with E-state index in [9.17, 15) is 0 Å². The molecule has 0 aromatic carbocycles. The van der Waals surface area contributed by atoms with E-state index in [0.29, 0.717) is 0 Å². The van der Waals surface area contributed by atoms with Gasteiger partial charge in [-0.15, -0.1) is 5.10 Å². The van der Waals surface area contributed by atoms with E-state index in [2.05, 4.69) is 24.8 Å². The van der Waals surface area contributed by atoms with Crippen molar-refractivity contribution in [3.05, 3.63) is 48.8 Å². The summed E-state index contributed by atoms with van der Waals surface area (Å²) in [6.07, 6.45) is 7.37. The van der Waals surface area contributed by atoms with Gasteiger partial charge in [-0.3, -0.25) is 4.98 Å². The summed E-state index contributed by atoms with van der Waals surface area (Å²) in [5.41, 5.74) is 1.91. The Balaban J connectivity index is 1.31. The number of imidazole rings is 1. The van der Waals surface area contributed by atoms with Crippen molar-refractivity contribution in [2.45, 2.75) is 6.92 Å². The lowest BCUT2D eigenvalue weighted by Crippen LogP contribution is -2.46. The molecule has 0 amide bonds. The molecule has 136 valence electrons. The first-order valence-electron chi connectivity index (χ1n) is 8.82. The summed E-state index contributed by atoms with van der Waals surface area (Å²) in [5, 5.41) is 5.74. The van der Waals surface area contributed by atoms with E-state index < -0.39 is 0 Å². The summed E-state index contributed by atoms with van der Waals surface area (Å²) in [6, 6.07) is 5.90. The van der Waals surface area contributed by atoms with E-state index in [-0.39, 0.29) is 0 Å². The minimum atomic E-state index is 0.806. The Morgan fingerprint density at radius 1 is 1.00 bits per heavy atom. The zero-order chi connectivity index (χ0) is 18.2. The highest BCUT2D eigenvalue weighted by Crippen LogP contribution is 2.27. The van der Waals surface area contributed by atoms with Crippen LogP contribution < -0.4 is 9.80 Å². The van der Waals surface area contributed by atoms with Gasteiger partial charge in [0.05, 0.1) is 11.9 Å². The summed E-state index contributed by atoms with van der Waals surface area (Å²) in [5.74, 6) is 1.80. The lowest BCUT2D eigenvalue weighted by molar-refractivity contribution is 0.640. The zero-order valence-electron chi connectivity index (χ0n) is 14.9. The first kappa shape index (κ1) is 16.1. The molecule has 5 heterocycles. The van der Waals surface area contributed by atoms with E-state index in [1.54, 1.807) is 17.5 Å². The number of aromatic nitrogens is 6. The van der Waals surface area contributed by atoms with Gasteiger partial charge in [0.1, 0.15) is 11.6 Å². The van der Waals surface area contributed by atoms with Crippen molar-refractivity contribution in [3.63, 3.8) is 0 Å². The first-order valence-corrected chi connectivity index (χ1v) is 9.64. The van der Waals surface area contributed by atoms with Crippen molar-refractivity contribution in [2.75, 3.05) is 36.0 Å². The van der Waals surface area contributed by atoms with Gasteiger partial charge < -0.3 is 9.80 Å². The quantitative estimate of drug-likeness (QED) is 0.541. The number of anilines is 2. The van der Waals surface area contributed by atoms with Gasteiger partial charge in [-0.05, 0) is 25.1 Å². The molecule has 1 saturated heterocycles. The fraction of sp³-hybridized carbons (Fsp3) is 0.278. The molecule has 0 N–H and O–H groups in total. The van der Waals surface area contributed by atoms with Gasteiger partial charge in [-0.1, -0.05) is 11.3 Å². The third-order valence-corrected chi connectivity index (χ3v) is 5.61. The minimum Gasteiger partial charge on any atom is -0.353 e. The average molecular weight is 378 g/mol. The maximum atomic E-state index is 4.73. The molecular weight excluding hydrogens is 360 g/mol. The monoisotopic (exact) mass is 378 g/mol. The highest BCUT2D eigenvalue weighted by molar-refractivity contribution is 7.20. The average Bonchev–Trinajstić information content (AvgIpc) is 3.28. The maximum Gasteiger partial charge on any atom is 0.214 e. The van der Waals surface area contributed by atoms with Gasteiger partial charge in [-0.2, -0.15) is 0 Å². The van der Waals surface area contributed by atoms with E-state index >= 15 is 0 Å². The van der Waals surface area contributed by atoms with Gasteiger partial charge in [0.25, 0.3) is 0 Å². The molecular formula is C18H18N8S. The lowest BCUT2D eigenvalue weighted by atomic mass is 10.2. The molecule has 9 heteroatoms. The molecule has 1 aliphatic heterocycles. The molecule has 4 aromatic rings. The fourth-order valence-corrected chi connectivity index (χ4v) is 4.15. The van der Waals surface area contributed by atoms with Crippen LogP contribution in [-0.4, -0.2) is 55.7 Å². The van der Waals surface area contributed by atoms with E-state index in [0.717, 1.165) is 59.2 Å². The third-order valence-electron chi connectivity index (χ3n) is 4.63. The number of fused-ring (bicyclic) bond motifs is 1. The second kappa shape index (κ2) is 6.58. The zero-order valence-corrected chi connectivity index (χ0v) is 15.7. The lowest BCUT2D eigenvalue weighted by Gasteiger charge is -2.35. The van der Waals surface area contributed by atoms with Crippen LogP contribution in [0.15, 0.2) is 43.0 Å². The summed E-state index contributed by atoms with van der Waals surface area (Å²) in [4.78, 5) is 23.1. The predicted molar refractivity (Wildman–Crippen MR) is 105 cm³/mol. The molecule has 1 aliphatic rings.